The van der Waals surface area contributed by atoms with Crippen molar-refractivity contribution in [1.29, 1.82) is 0 Å². The van der Waals surface area contributed by atoms with Crippen molar-refractivity contribution in [3.63, 3.8) is 0 Å². The summed E-state index contributed by atoms with van der Waals surface area (Å²) in [5.74, 6) is -1.45. The number of rotatable bonds is 3. The van der Waals surface area contributed by atoms with Crippen LogP contribution in [0.4, 0.5) is 27.6 Å². The monoisotopic (exact) mass is 349 g/mol. The fourth-order valence-corrected chi connectivity index (χ4v) is 2.31. The molecule has 0 aliphatic heterocycles. The van der Waals surface area contributed by atoms with Gasteiger partial charge in [-0.05, 0) is 49.2 Å². The van der Waals surface area contributed by atoms with E-state index in [-0.39, 0.29) is 16.1 Å². The van der Waals surface area contributed by atoms with Crippen LogP contribution in [0.3, 0.4) is 0 Å². The van der Waals surface area contributed by atoms with Crippen LogP contribution < -0.4 is 4.72 Å². The third-order valence-corrected chi connectivity index (χ3v) is 3.57. The third kappa shape index (κ3) is 5.13. The van der Waals surface area contributed by atoms with E-state index in [1.807, 2.05) is 13.8 Å². The summed E-state index contributed by atoms with van der Waals surface area (Å²) >= 11 is 0.820. The molecule has 0 heterocycles. The van der Waals surface area contributed by atoms with Crippen molar-refractivity contribution >= 4 is 17.6 Å². The van der Waals surface area contributed by atoms with E-state index in [1.165, 1.54) is 25.1 Å². The van der Waals surface area contributed by atoms with E-state index in [0.29, 0.717) is 0 Å². The topological polar surface area (TPSA) is 12.0 Å². The fraction of sp³-hybridized carbons (Fsp3) is 0.250. The van der Waals surface area contributed by atoms with E-state index in [1.54, 1.807) is 0 Å². The average Bonchev–Trinajstić information content (AvgIpc) is 2.53. The molecule has 0 aliphatic carbocycles. The molecule has 1 N–H and O–H groups in total. The molecule has 0 radical (unpaired) electrons. The van der Waals surface area contributed by atoms with E-state index in [2.05, 4.69) is 4.72 Å². The first-order valence-electron chi connectivity index (χ1n) is 6.84. The second kappa shape index (κ2) is 8.19. The molecule has 0 bridgehead atoms. The molecular weight excluding hydrogens is 333 g/mol. The Morgan fingerprint density at radius 1 is 1.00 bits per heavy atom. The van der Waals surface area contributed by atoms with Crippen LogP contribution in [0, 0.1) is 18.6 Å². The van der Waals surface area contributed by atoms with Gasteiger partial charge in [-0.3, -0.25) is 0 Å². The SMILES string of the molecule is CC.Cc1c(F)ccc(NSc2cccc(C(F)(F)F)c2)c1F. The average molecular weight is 349 g/mol. The van der Waals surface area contributed by atoms with Crippen molar-refractivity contribution in [1.82, 2.24) is 0 Å². The van der Waals surface area contributed by atoms with Gasteiger partial charge in [0.05, 0.1) is 11.3 Å². The highest BCUT2D eigenvalue weighted by Gasteiger charge is 2.30. The van der Waals surface area contributed by atoms with Gasteiger partial charge in [0.1, 0.15) is 5.82 Å². The van der Waals surface area contributed by atoms with Gasteiger partial charge >= 0.3 is 6.18 Å². The van der Waals surface area contributed by atoms with Crippen LogP contribution in [0.2, 0.25) is 0 Å². The number of hydrogen-bond donors (Lipinski definition) is 1. The lowest BCUT2D eigenvalue weighted by molar-refractivity contribution is -0.137. The smallest absolute Gasteiger partial charge is 0.323 e. The van der Waals surface area contributed by atoms with E-state index in [4.69, 9.17) is 0 Å². The van der Waals surface area contributed by atoms with Crippen LogP contribution in [0.1, 0.15) is 25.0 Å². The summed E-state index contributed by atoms with van der Waals surface area (Å²) in [6, 6.07) is 6.91. The molecule has 7 heteroatoms. The predicted molar refractivity (Wildman–Crippen MR) is 83.4 cm³/mol. The quantitative estimate of drug-likeness (QED) is 0.506. The van der Waals surface area contributed by atoms with Gasteiger partial charge in [-0.1, -0.05) is 19.9 Å². The van der Waals surface area contributed by atoms with Gasteiger partial charge in [0.2, 0.25) is 0 Å². The zero-order chi connectivity index (χ0) is 17.6. The van der Waals surface area contributed by atoms with Crippen LogP contribution in [-0.4, -0.2) is 0 Å². The van der Waals surface area contributed by atoms with E-state index >= 15 is 0 Å². The van der Waals surface area contributed by atoms with Crippen LogP contribution in [0.5, 0.6) is 0 Å². The maximum absolute atomic E-state index is 13.7. The summed E-state index contributed by atoms with van der Waals surface area (Å²) in [7, 11) is 0. The Labute approximate surface area is 136 Å². The minimum absolute atomic E-state index is 0.0105. The Balaban J connectivity index is 0.00000127. The highest BCUT2D eigenvalue weighted by molar-refractivity contribution is 8.00. The summed E-state index contributed by atoms with van der Waals surface area (Å²) in [6.07, 6.45) is -4.44. The molecular formula is C16H16F5NS. The Hall–Kier alpha value is -1.76. The lowest BCUT2D eigenvalue weighted by atomic mass is 10.2. The number of hydrogen-bond acceptors (Lipinski definition) is 2. The Morgan fingerprint density at radius 2 is 1.65 bits per heavy atom. The predicted octanol–water partition coefficient (Wildman–Crippen LogP) is 6.44. The number of halogens is 5. The zero-order valence-corrected chi connectivity index (χ0v) is 13.6. The Bertz CT molecular complexity index is 655. The van der Waals surface area contributed by atoms with Crippen molar-refractivity contribution in [3.05, 3.63) is 59.2 Å². The first-order chi connectivity index (χ1) is 10.8. The van der Waals surface area contributed by atoms with Gasteiger partial charge in [0.25, 0.3) is 0 Å². The van der Waals surface area contributed by atoms with Gasteiger partial charge in [-0.25, -0.2) is 8.78 Å². The van der Waals surface area contributed by atoms with Crippen molar-refractivity contribution in [2.45, 2.75) is 31.8 Å². The van der Waals surface area contributed by atoms with Crippen molar-refractivity contribution in [2.75, 3.05) is 4.72 Å². The maximum atomic E-state index is 13.7. The summed E-state index contributed by atoms with van der Waals surface area (Å²) in [6.45, 7) is 5.28. The normalized spacial score (nSPS) is 10.8. The van der Waals surface area contributed by atoms with Crippen LogP contribution >= 0.6 is 11.9 Å². The highest BCUT2D eigenvalue weighted by atomic mass is 32.2. The van der Waals surface area contributed by atoms with Gasteiger partial charge in [-0.2, -0.15) is 13.2 Å². The summed E-state index contributed by atoms with van der Waals surface area (Å²) in [5.41, 5.74) is -0.925. The number of alkyl halides is 3. The minimum atomic E-state index is -4.44. The Kier molecular flexibility index (Phi) is 6.87. The molecule has 2 aromatic rings. The number of benzene rings is 2. The molecule has 0 atom stereocenters. The lowest BCUT2D eigenvalue weighted by Gasteiger charge is -2.11. The summed E-state index contributed by atoms with van der Waals surface area (Å²) < 4.78 is 67.1. The van der Waals surface area contributed by atoms with E-state index < -0.39 is 23.4 Å². The standard InChI is InChI=1S/C14H10F5NS.C2H6/c1-8-11(15)5-6-12(13(8)16)20-21-10-4-2-3-9(7-10)14(17,18)19;1-2/h2-7,20H,1H3;1-2H3. The van der Waals surface area contributed by atoms with Gasteiger partial charge in [0, 0.05) is 10.5 Å². The third-order valence-electron chi connectivity index (χ3n) is 2.76. The second-order valence-electron chi connectivity index (χ2n) is 4.26. The minimum Gasteiger partial charge on any atom is -0.323 e. The van der Waals surface area contributed by atoms with Crippen LogP contribution in [0.25, 0.3) is 0 Å². The molecule has 2 rings (SSSR count). The Morgan fingerprint density at radius 3 is 2.26 bits per heavy atom. The molecule has 0 saturated heterocycles. The summed E-state index contributed by atoms with van der Waals surface area (Å²) in [4.78, 5) is 0.270. The van der Waals surface area contributed by atoms with Crippen molar-refractivity contribution in [2.24, 2.45) is 0 Å². The molecule has 23 heavy (non-hydrogen) atoms. The fourth-order valence-electron chi connectivity index (χ4n) is 1.59. The van der Waals surface area contributed by atoms with Crippen LogP contribution in [-0.2, 0) is 6.18 Å². The van der Waals surface area contributed by atoms with E-state index in [0.717, 1.165) is 30.1 Å². The summed E-state index contributed by atoms with van der Waals surface area (Å²) in [5, 5.41) is 0. The van der Waals surface area contributed by atoms with E-state index in [9.17, 15) is 22.0 Å². The molecule has 0 aromatic heterocycles. The van der Waals surface area contributed by atoms with Gasteiger partial charge in [-0.15, -0.1) is 0 Å². The molecule has 1 nitrogen and oxygen atoms in total. The molecule has 126 valence electrons. The molecule has 0 unspecified atom stereocenters. The molecule has 0 fully saturated rings. The zero-order valence-electron chi connectivity index (χ0n) is 12.8. The lowest BCUT2D eigenvalue weighted by Crippen LogP contribution is -2.04. The molecule has 0 saturated carbocycles. The highest BCUT2D eigenvalue weighted by Crippen LogP contribution is 2.32. The molecule has 2 aromatic carbocycles. The van der Waals surface area contributed by atoms with Gasteiger partial charge in [0.15, 0.2) is 5.82 Å². The molecule has 0 aliphatic rings. The van der Waals surface area contributed by atoms with Crippen LogP contribution in [0.15, 0.2) is 41.3 Å². The number of nitrogens with one attached hydrogen (secondary N) is 1. The molecule has 0 amide bonds. The number of anilines is 1. The first kappa shape index (κ1) is 19.3. The maximum Gasteiger partial charge on any atom is 0.416 e. The van der Waals surface area contributed by atoms with Crippen molar-refractivity contribution < 1.29 is 22.0 Å². The second-order valence-corrected chi connectivity index (χ2v) is 5.14. The van der Waals surface area contributed by atoms with Crippen molar-refractivity contribution in [3.8, 4) is 0 Å². The van der Waals surface area contributed by atoms with Gasteiger partial charge < -0.3 is 4.72 Å². The molecule has 0 spiro atoms. The first-order valence-corrected chi connectivity index (χ1v) is 7.65. The largest absolute Gasteiger partial charge is 0.416 e.